The number of hydrogen-bond donors (Lipinski definition) is 0. The number of nitriles is 1. The summed E-state index contributed by atoms with van der Waals surface area (Å²) in [7, 11) is 0. The Bertz CT molecular complexity index is 367. The van der Waals surface area contributed by atoms with Crippen molar-refractivity contribution in [1.82, 2.24) is 0 Å². The van der Waals surface area contributed by atoms with Gasteiger partial charge in [-0.15, -0.1) is 0 Å². The van der Waals surface area contributed by atoms with Gasteiger partial charge < -0.3 is 0 Å². The van der Waals surface area contributed by atoms with Crippen molar-refractivity contribution in [3.8, 4) is 6.07 Å². The smallest absolute Gasteiger partial charge is 0.151 e. The van der Waals surface area contributed by atoms with Gasteiger partial charge in [-0.3, -0.25) is 4.79 Å². The van der Waals surface area contributed by atoms with E-state index in [0.717, 1.165) is 0 Å². The van der Waals surface area contributed by atoms with Gasteiger partial charge in [0.2, 0.25) is 0 Å². The summed E-state index contributed by atoms with van der Waals surface area (Å²) in [5.41, 5.74) is 0.583. The lowest BCUT2D eigenvalue weighted by molar-refractivity contribution is -0.117. The molecule has 0 aliphatic rings. The van der Waals surface area contributed by atoms with Crippen LogP contribution in [0.25, 0.3) is 0 Å². The maximum Gasteiger partial charge on any atom is 0.151 e. The number of halogens is 1. The molecule has 1 rings (SSSR count). The summed E-state index contributed by atoms with van der Waals surface area (Å²) >= 11 is 5.84. The van der Waals surface area contributed by atoms with Crippen molar-refractivity contribution in [3.63, 3.8) is 0 Å². The largest absolute Gasteiger partial charge is 0.298 e. The number of benzene rings is 1. The Labute approximate surface area is 81.7 Å². The zero-order chi connectivity index (χ0) is 9.84. The predicted octanol–water partition coefficient (Wildman–Crippen LogP) is 2.54. The highest BCUT2D eigenvalue weighted by atomic mass is 35.5. The Morgan fingerprint density at radius 3 is 2.62 bits per heavy atom. The van der Waals surface area contributed by atoms with Crippen molar-refractivity contribution in [2.24, 2.45) is 0 Å². The second kappa shape index (κ2) is 4.06. The summed E-state index contributed by atoms with van der Waals surface area (Å²) in [6, 6.07) is 8.81. The van der Waals surface area contributed by atoms with Crippen LogP contribution < -0.4 is 0 Å². The van der Waals surface area contributed by atoms with Gasteiger partial charge in [-0.25, -0.2) is 0 Å². The first-order chi connectivity index (χ1) is 6.16. The van der Waals surface area contributed by atoms with Crippen molar-refractivity contribution in [3.05, 3.63) is 34.9 Å². The third-order valence-electron chi connectivity index (χ3n) is 1.75. The first kappa shape index (κ1) is 9.76. The van der Waals surface area contributed by atoms with Crippen LogP contribution in [-0.4, -0.2) is 5.78 Å². The number of rotatable bonds is 2. The van der Waals surface area contributed by atoms with Crippen LogP contribution in [0.1, 0.15) is 18.4 Å². The van der Waals surface area contributed by atoms with Crippen LogP contribution >= 0.6 is 11.6 Å². The molecule has 0 N–H and O–H groups in total. The van der Waals surface area contributed by atoms with Crippen molar-refractivity contribution in [2.75, 3.05) is 0 Å². The van der Waals surface area contributed by atoms with Crippen molar-refractivity contribution in [1.29, 1.82) is 5.26 Å². The molecule has 0 radical (unpaired) electrons. The van der Waals surface area contributed by atoms with Crippen molar-refractivity contribution >= 4 is 17.4 Å². The second-order valence-electron chi connectivity index (χ2n) is 2.69. The van der Waals surface area contributed by atoms with E-state index in [0.29, 0.717) is 10.6 Å². The summed E-state index contributed by atoms with van der Waals surface area (Å²) in [5, 5.41) is 9.21. The number of carbonyl (C=O) groups excluding carboxylic acids is 1. The Morgan fingerprint density at radius 2 is 2.15 bits per heavy atom. The molecule has 0 spiro atoms. The van der Waals surface area contributed by atoms with Crippen LogP contribution in [0.5, 0.6) is 0 Å². The highest BCUT2D eigenvalue weighted by Gasteiger charge is 2.17. The first-order valence-corrected chi connectivity index (χ1v) is 4.19. The number of nitrogens with zero attached hydrogens (tertiary/aromatic N) is 1. The van der Waals surface area contributed by atoms with Crippen LogP contribution in [0, 0.1) is 11.3 Å². The molecule has 2 nitrogen and oxygen atoms in total. The first-order valence-electron chi connectivity index (χ1n) is 3.81. The number of Topliss-reactive ketones (excluding diaryl/α,β-unsaturated/α-hetero) is 1. The Kier molecular flexibility index (Phi) is 3.05. The van der Waals surface area contributed by atoms with Gasteiger partial charge >= 0.3 is 0 Å². The molecule has 0 unspecified atom stereocenters. The molecule has 66 valence electrons. The summed E-state index contributed by atoms with van der Waals surface area (Å²) in [6.07, 6.45) is 0. The molecular formula is C10H8ClNO. The van der Waals surface area contributed by atoms with Gasteiger partial charge in [-0.1, -0.05) is 29.8 Å². The Balaban J connectivity index is 3.14. The molecule has 0 amide bonds. The molecule has 13 heavy (non-hydrogen) atoms. The molecule has 0 aliphatic carbocycles. The molecule has 0 aromatic heterocycles. The quantitative estimate of drug-likeness (QED) is 0.724. The van der Waals surface area contributed by atoms with Crippen molar-refractivity contribution < 1.29 is 4.79 Å². The minimum Gasteiger partial charge on any atom is -0.298 e. The van der Waals surface area contributed by atoms with Crippen LogP contribution in [0.3, 0.4) is 0 Å². The third kappa shape index (κ3) is 2.07. The molecule has 0 bridgehead atoms. The fourth-order valence-electron chi connectivity index (χ4n) is 1.09. The molecule has 0 fully saturated rings. The van der Waals surface area contributed by atoms with Crippen LogP contribution in [-0.2, 0) is 4.79 Å². The summed E-state index contributed by atoms with van der Waals surface area (Å²) in [4.78, 5) is 11.0. The highest BCUT2D eigenvalue weighted by Crippen LogP contribution is 2.24. The van der Waals surface area contributed by atoms with E-state index >= 15 is 0 Å². The fraction of sp³-hybridized carbons (Fsp3) is 0.200. The number of carbonyl (C=O) groups is 1. The number of hydrogen-bond acceptors (Lipinski definition) is 2. The van der Waals surface area contributed by atoms with E-state index in [1.807, 2.05) is 6.07 Å². The second-order valence-corrected chi connectivity index (χ2v) is 3.10. The average molecular weight is 194 g/mol. The average Bonchev–Trinajstić information content (AvgIpc) is 2.09. The minimum absolute atomic E-state index is 0.185. The van der Waals surface area contributed by atoms with Gasteiger partial charge in [-0.2, -0.15) is 5.26 Å². The van der Waals surface area contributed by atoms with Crippen LogP contribution in [0.4, 0.5) is 0 Å². The van der Waals surface area contributed by atoms with E-state index in [4.69, 9.17) is 16.9 Å². The molecule has 1 atom stereocenters. The lowest BCUT2D eigenvalue weighted by Crippen LogP contribution is -2.06. The Hall–Kier alpha value is -1.33. The van der Waals surface area contributed by atoms with Crippen molar-refractivity contribution in [2.45, 2.75) is 12.8 Å². The van der Waals surface area contributed by atoms with E-state index in [-0.39, 0.29) is 5.78 Å². The van der Waals surface area contributed by atoms with E-state index in [9.17, 15) is 4.79 Å². The van der Waals surface area contributed by atoms with Gasteiger partial charge in [0.05, 0.1) is 6.07 Å². The zero-order valence-corrected chi connectivity index (χ0v) is 7.88. The molecule has 0 saturated carbocycles. The fourth-order valence-corrected chi connectivity index (χ4v) is 1.33. The molecule has 1 aromatic rings. The van der Waals surface area contributed by atoms with E-state index in [1.165, 1.54) is 6.92 Å². The molecule has 0 heterocycles. The molecular weight excluding hydrogens is 186 g/mol. The van der Waals surface area contributed by atoms with Gasteiger partial charge in [0.1, 0.15) is 5.92 Å². The molecule has 0 aliphatic heterocycles. The standard InChI is InChI=1S/C10H8ClNO/c1-7(13)9(6-12)8-4-2-3-5-10(8)11/h2-5,9H,1H3/t9-/m1/s1. The third-order valence-corrected chi connectivity index (χ3v) is 2.10. The van der Waals surface area contributed by atoms with Gasteiger partial charge in [0, 0.05) is 5.02 Å². The monoisotopic (exact) mass is 193 g/mol. The van der Waals surface area contributed by atoms with E-state index < -0.39 is 5.92 Å². The number of ketones is 1. The summed E-state index contributed by atoms with van der Waals surface area (Å²) in [6.45, 7) is 1.39. The van der Waals surface area contributed by atoms with Crippen LogP contribution in [0.2, 0.25) is 5.02 Å². The topological polar surface area (TPSA) is 40.9 Å². The zero-order valence-electron chi connectivity index (χ0n) is 7.12. The maximum atomic E-state index is 11.0. The van der Waals surface area contributed by atoms with Crippen LogP contribution in [0.15, 0.2) is 24.3 Å². The summed E-state index contributed by atoms with van der Waals surface area (Å²) < 4.78 is 0. The molecule has 1 aromatic carbocycles. The molecule has 3 heteroatoms. The lowest BCUT2D eigenvalue weighted by Gasteiger charge is -2.06. The summed E-state index contributed by atoms with van der Waals surface area (Å²) in [5.74, 6) is -0.927. The van der Waals surface area contributed by atoms with Gasteiger partial charge in [0.15, 0.2) is 5.78 Å². The highest BCUT2D eigenvalue weighted by molar-refractivity contribution is 6.31. The predicted molar refractivity (Wildman–Crippen MR) is 50.5 cm³/mol. The lowest BCUT2D eigenvalue weighted by atomic mass is 9.97. The molecule has 0 saturated heterocycles. The normalized spacial score (nSPS) is 11.8. The van der Waals surface area contributed by atoms with Gasteiger partial charge in [0.25, 0.3) is 0 Å². The minimum atomic E-state index is -0.742. The Morgan fingerprint density at radius 1 is 1.54 bits per heavy atom. The maximum absolute atomic E-state index is 11.0. The SMILES string of the molecule is CC(=O)[C@@H](C#N)c1ccccc1Cl. The van der Waals surface area contributed by atoms with E-state index in [1.54, 1.807) is 24.3 Å². The van der Waals surface area contributed by atoms with E-state index in [2.05, 4.69) is 0 Å². The van der Waals surface area contributed by atoms with Gasteiger partial charge in [-0.05, 0) is 18.6 Å².